The number of hydrogen-bond donors (Lipinski definition) is 1. The van der Waals surface area contributed by atoms with Crippen LogP contribution in [0, 0.1) is 0 Å². The molecule has 0 bridgehead atoms. The SMILES string of the molecule is CC(C)Oc1ccc(CNCCC(=O)N2CCCC2)cc1. The molecule has 1 amide bonds. The first-order chi connectivity index (χ1) is 10.1. The van der Waals surface area contributed by atoms with Crippen molar-refractivity contribution >= 4 is 5.91 Å². The molecule has 1 saturated heterocycles. The molecule has 1 N–H and O–H groups in total. The van der Waals surface area contributed by atoms with Gasteiger partial charge in [0.15, 0.2) is 0 Å². The number of ether oxygens (including phenoxy) is 1. The molecule has 1 aliphatic heterocycles. The first kappa shape index (κ1) is 15.8. The predicted octanol–water partition coefficient (Wildman–Crippen LogP) is 2.58. The van der Waals surface area contributed by atoms with Crippen molar-refractivity contribution in [3.63, 3.8) is 0 Å². The van der Waals surface area contributed by atoms with Crippen LogP contribution in [0.15, 0.2) is 24.3 Å². The third-order valence-electron chi connectivity index (χ3n) is 3.60. The zero-order valence-electron chi connectivity index (χ0n) is 13.1. The molecule has 1 aromatic rings. The van der Waals surface area contributed by atoms with Crippen LogP contribution in [0.2, 0.25) is 0 Å². The topological polar surface area (TPSA) is 41.6 Å². The quantitative estimate of drug-likeness (QED) is 0.785. The van der Waals surface area contributed by atoms with Gasteiger partial charge in [0.1, 0.15) is 5.75 Å². The fourth-order valence-corrected chi connectivity index (χ4v) is 2.51. The highest BCUT2D eigenvalue weighted by atomic mass is 16.5. The second-order valence-electron chi connectivity index (χ2n) is 5.83. The molecule has 2 rings (SSSR count). The minimum Gasteiger partial charge on any atom is -0.491 e. The lowest BCUT2D eigenvalue weighted by molar-refractivity contribution is -0.130. The van der Waals surface area contributed by atoms with Crippen molar-refractivity contribution in [1.82, 2.24) is 10.2 Å². The van der Waals surface area contributed by atoms with Crippen LogP contribution in [0.5, 0.6) is 5.75 Å². The number of hydrogen-bond acceptors (Lipinski definition) is 3. The van der Waals surface area contributed by atoms with Crippen LogP contribution < -0.4 is 10.1 Å². The van der Waals surface area contributed by atoms with Crippen molar-refractivity contribution in [3.05, 3.63) is 29.8 Å². The van der Waals surface area contributed by atoms with E-state index in [0.29, 0.717) is 6.42 Å². The van der Waals surface area contributed by atoms with E-state index in [1.54, 1.807) is 0 Å². The Hall–Kier alpha value is -1.55. The summed E-state index contributed by atoms with van der Waals surface area (Å²) in [6, 6.07) is 8.11. The Morgan fingerprint density at radius 2 is 1.90 bits per heavy atom. The molecule has 4 heteroatoms. The Balaban J connectivity index is 1.65. The molecule has 0 aliphatic carbocycles. The smallest absolute Gasteiger partial charge is 0.223 e. The highest BCUT2D eigenvalue weighted by Gasteiger charge is 2.16. The number of amides is 1. The van der Waals surface area contributed by atoms with Crippen molar-refractivity contribution in [3.8, 4) is 5.75 Å². The average molecular weight is 290 g/mol. The third kappa shape index (κ3) is 5.38. The fourth-order valence-electron chi connectivity index (χ4n) is 2.51. The van der Waals surface area contributed by atoms with E-state index in [1.165, 1.54) is 5.56 Å². The van der Waals surface area contributed by atoms with Crippen molar-refractivity contribution in [2.24, 2.45) is 0 Å². The summed E-state index contributed by atoms with van der Waals surface area (Å²) in [5, 5.41) is 3.33. The first-order valence-electron chi connectivity index (χ1n) is 7.89. The fraction of sp³-hybridized carbons (Fsp3) is 0.588. The normalized spacial score (nSPS) is 14.7. The Morgan fingerprint density at radius 1 is 1.24 bits per heavy atom. The van der Waals surface area contributed by atoms with Gasteiger partial charge in [0.2, 0.25) is 5.91 Å². The Kier molecular flexibility index (Phi) is 6.05. The highest BCUT2D eigenvalue weighted by Crippen LogP contribution is 2.13. The summed E-state index contributed by atoms with van der Waals surface area (Å²) < 4.78 is 5.61. The number of carbonyl (C=O) groups is 1. The number of benzene rings is 1. The van der Waals surface area contributed by atoms with Crippen LogP contribution >= 0.6 is 0 Å². The van der Waals surface area contributed by atoms with E-state index in [1.807, 2.05) is 30.9 Å². The van der Waals surface area contributed by atoms with Crippen LogP contribution in [0.4, 0.5) is 0 Å². The standard InChI is InChI=1S/C17H26N2O2/c1-14(2)21-16-7-5-15(6-8-16)13-18-10-9-17(20)19-11-3-4-12-19/h5-8,14,18H,3-4,9-13H2,1-2H3. The molecule has 1 heterocycles. The van der Waals surface area contributed by atoms with Crippen molar-refractivity contribution in [2.75, 3.05) is 19.6 Å². The number of nitrogens with zero attached hydrogens (tertiary/aromatic N) is 1. The molecule has 0 saturated carbocycles. The Bertz CT molecular complexity index is 437. The molecule has 0 radical (unpaired) electrons. The van der Waals surface area contributed by atoms with Crippen LogP contribution in [0.25, 0.3) is 0 Å². The maximum atomic E-state index is 11.9. The lowest BCUT2D eigenvalue weighted by atomic mass is 10.2. The molecule has 0 atom stereocenters. The summed E-state index contributed by atoms with van der Waals surface area (Å²) in [6.07, 6.45) is 3.10. The third-order valence-corrected chi connectivity index (χ3v) is 3.60. The maximum Gasteiger partial charge on any atom is 0.223 e. The van der Waals surface area contributed by atoms with Gasteiger partial charge >= 0.3 is 0 Å². The van der Waals surface area contributed by atoms with Crippen LogP contribution in [-0.4, -0.2) is 36.5 Å². The average Bonchev–Trinajstić information content (AvgIpc) is 2.99. The summed E-state index contributed by atoms with van der Waals surface area (Å²) >= 11 is 0. The van der Waals surface area contributed by atoms with Gasteiger partial charge in [-0.1, -0.05) is 12.1 Å². The van der Waals surface area contributed by atoms with Gasteiger partial charge in [-0.3, -0.25) is 4.79 Å². The molecule has 4 nitrogen and oxygen atoms in total. The predicted molar refractivity (Wildman–Crippen MR) is 84.3 cm³/mol. The van der Waals surface area contributed by atoms with Gasteiger partial charge < -0.3 is 15.0 Å². The summed E-state index contributed by atoms with van der Waals surface area (Å²) in [4.78, 5) is 13.8. The van der Waals surface area contributed by atoms with Gasteiger partial charge in [0.05, 0.1) is 6.10 Å². The Labute approximate surface area is 127 Å². The van der Waals surface area contributed by atoms with E-state index in [2.05, 4.69) is 17.4 Å². The van der Waals surface area contributed by atoms with Gasteiger partial charge in [-0.15, -0.1) is 0 Å². The zero-order chi connectivity index (χ0) is 15.1. The lowest BCUT2D eigenvalue weighted by Gasteiger charge is -2.15. The van der Waals surface area contributed by atoms with Gasteiger partial charge in [0.25, 0.3) is 0 Å². The molecule has 21 heavy (non-hydrogen) atoms. The number of likely N-dealkylation sites (tertiary alicyclic amines) is 1. The van der Waals surface area contributed by atoms with Crippen LogP contribution in [0.3, 0.4) is 0 Å². The molecule has 1 aliphatic rings. The largest absolute Gasteiger partial charge is 0.491 e. The van der Waals surface area contributed by atoms with Crippen LogP contribution in [-0.2, 0) is 11.3 Å². The van der Waals surface area contributed by atoms with E-state index in [0.717, 1.165) is 44.8 Å². The van der Waals surface area contributed by atoms with E-state index in [4.69, 9.17) is 4.74 Å². The molecule has 116 valence electrons. The van der Waals surface area contributed by atoms with Gasteiger partial charge in [-0.25, -0.2) is 0 Å². The molecule has 1 aromatic carbocycles. The van der Waals surface area contributed by atoms with Gasteiger partial charge in [-0.05, 0) is 44.4 Å². The summed E-state index contributed by atoms with van der Waals surface area (Å²) in [7, 11) is 0. The van der Waals surface area contributed by atoms with Crippen molar-refractivity contribution < 1.29 is 9.53 Å². The molecule has 0 spiro atoms. The first-order valence-corrected chi connectivity index (χ1v) is 7.89. The zero-order valence-corrected chi connectivity index (χ0v) is 13.1. The summed E-state index contributed by atoms with van der Waals surface area (Å²) in [6.45, 7) is 7.45. The Morgan fingerprint density at radius 3 is 2.52 bits per heavy atom. The maximum absolute atomic E-state index is 11.9. The minimum absolute atomic E-state index is 0.200. The lowest BCUT2D eigenvalue weighted by Crippen LogP contribution is -2.30. The van der Waals surface area contributed by atoms with E-state index in [9.17, 15) is 4.79 Å². The van der Waals surface area contributed by atoms with E-state index < -0.39 is 0 Å². The van der Waals surface area contributed by atoms with Gasteiger partial charge in [0, 0.05) is 32.6 Å². The number of rotatable bonds is 7. The number of nitrogens with one attached hydrogen (secondary N) is 1. The van der Waals surface area contributed by atoms with E-state index in [-0.39, 0.29) is 12.0 Å². The second kappa shape index (κ2) is 8.03. The minimum atomic E-state index is 0.200. The second-order valence-corrected chi connectivity index (χ2v) is 5.83. The van der Waals surface area contributed by atoms with Crippen molar-refractivity contribution in [1.29, 1.82) is 0 Å². The van der Waals surface area contributed by atoms with Gasteiger partial charge in [-0.2, -0.15) is 0 Å². The summed E-state index contributed by atoms with van der Waals surface area (Å²) in [5.74, 6) is 1.18. The molecular weight excluding hydrogens is 264 g/mol. The monoisotopic (exact) mass is 290 g/mol. The highest BCUT2D eigenvalue weighted by molar-refractivity contribution is 5.76. The molecular formula is C17H26N2O2. The summed E-state index contributed by atoms with van der Waals surface area (Å²) in [5.41, 5.74) is 1.21. The van der Waals surface area contributed by atoms with E-state index >= 15 is 0 Å². The molecule has 0 aromatic heterocycles. The van der Waals surface area contributed by atoms with Crippen molar-refractivity contribution in [2.45, 2.75) is 45.8 Å². The molecule has 1 fully saturated rings. The number of carbonyl (C=O) groups excluding carboxylic acids is 1. The van der Waals surface area contributed by atoms with Crippen LogP contribution in [0.1, 0.15) is 38.7 Å². The molecule has 0 unspecified atom stereocenters.